The van der Waals surface area contributed by atoms with Gasteiger partial charge in [0.1, 0.15) is 29.0 Å². The van der Waals surface area contributed by atoms with Crippen molar-refractivity contribution in [2.45, 2.75) is 13.5 Å². The van der Waals surface area contributed by atoms with Crippen LogP contribution in [0.1, 0.15) is 11.1 Å². The molecule has 0 aliphatic heterocycles. The molecule has 0 saturated carbocycles. The van der Waals surface area contributed by atoms with Gasteiger partial charge in [-0.1, -0.05) is 23.2 Å². The van der Waals surface area contributed by atoms with Gasteiger partial charge in [-0.2, -0.15) is 0 Å². The lowest BCUT2D eigenvalue weighted by Crippen LogP contribution is -2.03. The van der Waals surface area contributed by atoms with Crippen molar-refractivity contribution in [1.82, 2.24) is 4.98 Å². The molecule has 0 bridgehead atoms. The first kappa shape index (κ1) is 15.7. The maximum atomic E-state index is 6.34. The van der Waals surface area contributed by atoms with Crippen molar-refractivity contribution in [1.29, 1.82) is 0 Å². The first-order chi connectivity index (χ1) is 10.1. The highest BCUT2D eigenvalue weighted by atomic mass is 35.5. The van der Waals surface area contributed by atoms with Gasteiger partial charge in [0, 0.05) is 11.6 Å². The number of nitrogens with zero attached hydrogens (tertiary/aromatic N) is 1. The summed E-state index contributed by atoms with van der Waals surface area (Å²) in [7, 11) is 3.16. The van der Waals surface area contributed by atoms with E-state index in [9.17, 15) is 0 Å². The van der Waals surface area contributed by atoms with Crippen LogP contribution in [-0.2, 0) is 6.61 Å². The van der Waals surface area contributed by atoms with E-state index < -0.39 is 0 Å². The zero-order chi connectivity index (χ0) is 15.4. The summed E-state index contributed by atoms with van der Waals surface area (Å²) in [5.41, 5.74) is 1.72. The van der Waals surface area contributed by atoms with E-state index in [2.05, 4.69) is 4.98 Å². The molecule has 0 fully saturated rings. The Hall–Kier alpha value is -1.65. The Kier molecular flexibility index (Phi) is 5.15. The fourth-order valence-electron chi connectivity index (χ4n) is 1.89. The lowest BCUT2D eigenvalue weighted by atomic mass is 10.1. The zero-order valence-electron chi connectivity index (χ0n) is 11.9. The highest BCUT2D eigenvalue weighted by Gasteiger charge is 2.16. The fourth-order valence-corrected chi connectivity index (χ4v) is 2.33. The summed E-state index contributed by atoms with van der Waals surface area (Å²) >= 11 is 12.1. The van der Waals surface area contributed by atoms with Crippen LogP contribution in [0.2, 0.25) is 10.2 Å². The van der Waals surface area contributed by atoms with Gasteiger partial charge in [-0.25, -0.2) is 4.98 Å². The SMILES string of the molecule is COc1cc(OC)c(Cl)c(COc2ccc(Cl)nc2)c1C. The Morgan fingerprint density at radius 1 is 1.10 bits per heavy atom. The molecule has 4 nitrogen and oxygen atoms in total. The van der Waals surface area contributed by atoms with Crippen LogP contribution >= 0.6 is 23.2 Å². The zero-order valence-corrected chi connectivity index (χ0v) is 13.5. The van der Waals surface area contributed by atoms with Gasteiger partial charge in [0.2, 0.25) is 0 Å². The maximum absolute atomic E-state index is 6.34. The Balaban J connectivity index is 2.28. The lowest BCUT2D eigenvalue weighted by Gasteiger charge is -2.16. The van der Waals surface area contributed by atoms with Gasteiger partial charge in [-0.15, -0.1) is 0 Å². The molecular formula is C15H15Cl2NO3. The van der Waals surface area contributed by atoms with E-state index in [1.807, 2.05) is 6.92 Å². The Morgan fingerprint density at radius 2 is 1.81 bits per heavy atom. The normalized spacial score (nSPS) is 10.3. The summed E-state index contributed by atoms with van der Waals surface area (Å²) < 4.78 is 16.3. The standard InChI is InChI=1S/C15H15Cl2NO3/c1-9-11(8-21-10-4-5-14(16)18-7-10)15(17)13(20-3)6-12(9)19-2/h4-7H,8H2,1-3H3. The van der Waals surface area contributed by atoms with Crippen LogP contribution in [0.25, 0.3) is 0 Å². The van der Waals surface area contributed by atoms with Gasteiger partial charge in [-0.3, -0.25) is 0 Å². The molecule has 112 valence electrons. The van der Waals surface area contributed by atoms with Crippen LogP contribution in [0.3, 0.4) is 0 Å². The number of benzene rings is 1. The van der Waals surface area contributed by atoms with Crippen molar-refractivity contribution in [2.24, 2.45) is 0 Å². The highest BCUT2D eigenvalue weighted by molar-refractivity contribution is 6.33. The van der Waals surface area contributed by atoms with Crippen molar-refractivity contribution >= 4 is 23.2 Å². The number of aromatic nitrogens is 1. The molecule has 0 aliphatic carbocycles. The van der Waals surface area contributed by atoms with Gasteiger partial charge in [0.25, 0.3) is 0 Å². The van der Waals surface area contributed by atoms with Crippen molar-refractivity contribution < 1.29 is 14.2 Å². The van der Waals surface area contributed by atoms with Gasteiger partial charge >= 0.3 is 0 Å². The minimum Gasteiger partial charge on any atom is -0.496 e. The fraction of sp³-hybridized carbons (Fsp3) is 0.267. The number of ether oxygens (including phenoxy) is 3. The van der Waals surface area contributed by atoms with Crippen molar-refractivity contribution in [2.75, 3.05) is 14.2 Å². The summed E-state index contributed by atoms with van der Waals surface area (Å²) in [5, 5.41) is 0.928. The second kappa shape index (κ2) is 6.87. The molecule has 1 heterocycles. The Morgan fingerprint density at radius 3 is 2.38 bits per heavy atom. The molecule has 1 aromatic carbocycles. The molecule has 0 saturated heterocycles. The minimum absolute atomic E-state index is 0.279. The molecule has 0 N–H and O–H groups in total. The molecule has 21 heavy (non-hydrogen) atoms. The van der Waals surface area contributed by atoms with Crippen LogP contribution in [0, 0.1) is 6.92 Å². The number of pyridine rings is 1. The van der Waals surface area contributed by atoms with Gasteiger partial charge in [-0.05, 0) is 24.6 Å². The number of hydrogen-bond acceptors (Lipinski definition) is 4. The third-order valence-corrected chi connectivity index (χ3v) is 3.73. The molecule has 2 rings (SSSR count). The third kappa shape index (κ3) is 3.52. The van der Waals surface area contributed by atoms with E-state index in [0.717, 1.165) is 11.1 Å². The second-order valence-corrected chi connectivity index (χ2v) is 5.07. The van der Waals surface area contributed by atoms with E-state index in [4.69, 9.17) is 37.4 Å². The van der Waals surface area contributed by atoms with E-state index >= 15 is 0 Å². The average Bonchev–Trinajstić information content (AvgIpc) is 2.49. The number of hydrogen-bond donors (Lipinski definition) is 0. The molecule has 0 spiro atoms. The van der Waals surface area contributed by atoms with Crippen LogP contribution in [0.15, 0.2) is 24.4 Å². The average molecular weight is 328 g/mol. The smallest absolute Gasteiger partial charge is 0.141 e. The summed E-state index contributed by atoms with van der Waals surface area (Å²) in [6.45, 7) is 2.20. The second-order valence-electron chi connectivity index (χ2n) is 4.30. The van der Waals surface area contributed by atoms with Crippen molar-refractivity contribution in [3.63, 3.8) is 0 Å². The van der Waals surface area contributed by atoms with Crippen LogP contribution < -0.4 is 14.2 Å². The van der Waals surface area contributed by atoms with Crippen LogP contribution in [0.5, 0.6) is 17.2 Å². The number of methoxy groups -OCH3 is 2. The quantitative estimate of drug-likeness (QED) is 0.768. The molecule has 0 aliphatic rings. The molecule has 0 unspecified atom stereocenters. The molecular weight excluding hydrogens is 313 g/mol. The maximum Gasteiger partial charge on any atom is 0.141 e. The molecule has 2 aromatic rings. The number of halogens is 2. The van der Waals surface area contributed by atoms with Crippen molar-refractivity contribution in [3.8, 4) is 17.2 Å². The molecule has 0 atom stereocenters. The van der Waals surface area contributed by atoms with E-state index in [1.165, 1.54) is 0 Å². The minimum atomic E-state index is 0.279. The summed E-state index contributed by atoms with van der Waals surface area (Å²) in [5.74, 6) is 1.85. The largest absolute Gasteiger partial charge is 0.496 e. The van der Waals surface area contributed by atoms with Crippen molar-refractivity contribution in [3.05, 3.63) is 45.7 Å². The predicted octanol–water partition coefficient (Wildman–Crippen LogP) is 4.29. The summed E-state index contributed by atoms with van der Waals surface area (Å²) in [6, 6.07) is 5.17. The topological polar surface area (TPSA) is 40.6 Å². The molecule has 1 aromatic heterocycles. The molecule has 6 heteroatoms. The summed E-state index contributed by atoms with van der Waals surface area (Å²) in [4.78, 5) is 3.96. The molecule has 0 amide bonds. The van der Waals surface area contributed by atoms with Gasteiger partial charge < -0.3 is 14.2 Å². The first-order valence-corrected chi connectivity index (χ1v) is 6.96. The Bertz CT molecular complexity index is 602. The van der Waals surface area contributed by atoms with E-state index in [-0.39, 0.29) is 6.61 Å². The third-order valence-electron chi connectivity index (χ3n) is 3.09. The number of rotatable bonds is 5. The van der Waals surface area contributed by atoms with Gasteiger partial charge in [0.05, 0.1) is 25.4 Å². The van der Waals surface area contributed by atoms with E-state index in [1.54, 1.807) is 38.6 Å². The summed E-state index contributed by atoms with van der Waals surface area (Å²) in [6.07, 6.45) is 1.56. The van der Waals surface area contributed by atoms with Crippen LogP contribution in [0.4, 0.5) is 0 Å². The highest BCUT2D eigenvalue weighted by Crippen LogP contribution is 2.37. The predicted molar refractivity (Wildman–Crippen MR) is 82.9 cm³/mol. The monoisotopic (exact) mass is 327 g/mol. The van der Waals surface area contributed by atoms with Gasteiger partial charge in [0.15, 0.2) is 0 Å². The van der Waals surface area contributed by atoms with Crippen LogP contribution in [-0.4, -0.2) is 19.2 Å². The molecule has 0 radical (unpaired) electrons. The van der Waals surface area contributed by atoms with E-state index in [0.29, 0.717) is 27.4 Å². The Labute approximate surface area is 133 Å². The lowest BCUT2D eigenvalue weighted by molar-refractivity contribution is 0.301. The first-order valence-electron chi connectivity index (χ1n) is 6.21.